The van der Waals surface area contributed by atoms with Gasteiger partial charge in [-0.05, 0) is 43.2 Å². The summed E-state index contributed by atoms with van der Waals surface area (Å²) in [5.41, 5.74) is 2.35. The monoisotopic (exact) mass is 343 g/mol. The van der Waals surface area contributed by atoms with Crippen molar-refractivity contribution in [2.45, 2.75) is 13.8 Å². The molecule has 0 bridgehead atoms. The molecule has 1 unspecified atom stereocenters. The first-order valence-corrected chi connectivity index (χ1v) is 7.91. The van der Waals surface area contributed by atoms with E-state index in [-0.39, 0.29) is 30.0 Å². The Morgan fingerprint density at radius 3 is 2.76 bits per heavy atom. The van der Waals surface area contributed by atoms with Gasteiger partial charge in [-0.15, -0.1) is 0 Å². The van der Waals surface area contributed by atoms with Crippen LogP contribution in [0.5, 0.6) is 0 Å². The molecule has 7 heteroatoms. The number of amides is 1. The summed E-state index contributed by atoms with van der Waals surface area (Å²) in [5.74, 6) is -0.708. The van der Waals surface area contributed by atoms with E-state index in [9.17, 15) is 9.18 Å². The number of benzene rings is 1. The Labute approximate surface area is 143 Å². The maximum absolute atomic E-state index is 13.1. The molecule has 0 fully saturated rings. The van der Waals surface area contributed by atoms with E-state index in [4.69, 9.17) is 9.63 Å². The van der Waals surface area contributed by atoms with Crippen LogP contribution in [0.1, 0.15) is 23.0 Å². The number of pyridine rings is 1. The van der Waals surface area contributed by atoms with Crippen LogP contribution in [0.4, 0.5) is 4.39 Å². The van der Waals surface area contributed by atoms with Crippen LogP contribution in [0.25, 0.3) is 22.4 Å². The lowest BCUT2D eigenvalue weighted by Gasteiger charge is -2.11. The molecule has 0 saturated carbocycles. The second kappa shape index (κ2) is 6.98. The number of aryl methyl sites for hydroxylation is 1. The largest absolute Gasteiger partial charge is 0.396 e. The van der Waals surface area contributed by atoms with E-state index < -0.39 is 0 Å². The summed E-state index contributed by atoms with van der Waals surface area (Å²) in [7, 11) is 0. The predicted molar refractivity (Wildman–Crippen MR) is 90.5 cm³/mol. The average Bonchev–Trinajstić information content (AvgIpc) is 3.00. The lowest BCUT2D eigenvalue weighted by molar-refractivity contribution is 0.0944. The minimum absolute atomic E-state index is 0.0147. The zero-order valence-electron chi connectivity index (χ0n) is 13.9. The average molecular weight is 343 g/mol. The second-order valence-corrected chi connectivity index (χ2v) is 6.01. The zero-order valence-corrected chi connectivity index (χ0v) is 13.9. The highest BCUT2D eigenvalue weighted by atomic mass is 19.1. The molecule has 25 heavy (non-hydrogen) atoms. The number of aliphatic hydroxyl groups is 1. The number of aromatic nitrogens is 2. The Bertz CT molecular complexity index is 906. The van der Waals surface area contributed by atoms with E-state index in [1.807, 2.05) is 6.92 Å². The van der Waals surface area contributed by atoms with Gasteiger partial charge in [-0.1, -0.05) is 12.1 Å². The van der Waals surface area contributed by atoms with E-state index in [2.05, 4.69) is 15.5 Å². The van der Waals surface area contributed by atoms with Crippen LogP contribution in [0.3, 0.4) is 0 Å². The molecule has 6 nitrogen and oxygen atoms in total. The van der Waals surface area contributed by atoms with Crippen molar-refractivity contribution in [1.82, 2.24) is 15.5 Å². The van der Waals surface area contributed by atoms with Crippen LogP contribution in [-0.2, 0) is 0 Å². The van der Waals surface area contributed by atoms with Crippen molar-refractivity contribution in [2.75, 3.05) is 13.2 Å². The first-order valence-electron chi connectivity index (χ1n) is 7.91. The number of carbonyl (C=O) groups excluding carboxylic acids is 1. The molecule has 1 aromatic carbocycles. The van der Waals surface area contributed by atoms with Crippen molar-refractivity contribution in [2.24, 2.45) is 5.92 Å². The van der Waals surface area contributed by atoms with Crippen LogP contribution in [0.15, 0.2) is 34.9 Å². The molecule has 2 N–H and O–H groups in total. The molecule has 130 valence electrons. The quantitative estimate of drug-likeness (QED) is 0.744. The summed E-state index contributed by atoms with van der Waals surface area (Å²) in [6, 6.07) is 7.47. The zero-order chi connectivity index (χ0) is 18.0. The normalized spacial score (nSPS) is 12.3. The third-order valence-electron chi connectivity index (χ3n) is 3.92. The van der Waals surface area contributed by atoms with Gasteiger partial charge in [0.25, 0.3) is 11.6 Å². The molecule has 0 aliphatic carbocycles. The molecule has 0 spiro atoms. The van der Waals surface area contributed by atoms with Crippen LogP contribution in [0.2, 0.25) is 0 Å². The molecule has 0 radical (unpaired) electrons. The number of aliphatic hydroxyl groups excluding tert-OH is 1. The van der Waals surface area contributed by atoms with E-state index in [0.717, 1.165) is 0 Å². The molecule has 0 aliphatic heterocycles. The van der Waals surface area contributed by atoms with Crippen molar-refractivity contribution in [3.8, 4) is 11.3 Å². The molecular weight excluding hydrogens is 325 g/mol. The van der Waals surface area contributed by atoms with Crippen molar-refractivity contribution < 1.29 is 18.8 Å². The fourth-order valence-corrected chi connectivity index (χ4v) is 2.47. The molecule has 1 amide bonds. The number of carbonyl (C=O) groups is 1. The Morgan fingerprint density at radius 2 is 2.08 bits per heavy atom. The topological polar surface area (TPSA) is 88.2 Å². The van der Waals surface area contributed by atoms with Gasteiger partial charge < -0.3 is 14.9 Å². The van der Waals surface area contributed by atoms with Gasteiger partial charge in [0.05, 0.1) is 22.3 Å². The lowest BCUT2D eigenvalue weighted by Crippen LogP contribution is -2.29. The first kappa shape index (κ1) is 17.0. The minimum Gasteiger partial charge on any atom is -0.396 e. The highest BCUT2D eigenvalue weighted by Gasteiger charge is 2.19. The molecular formula is C18H18FN3O3. The summed E-state index contributed by atoms with van der Waals surface area (Å²) in [6.45, 7) is 3.89. The van der Waals surface area contributed by atoms with Crippen LogP contribution >= 0.6 is 0 Å². The third kappa shape index (κ3) is 3.51. The first-order chi connectivity index (χ1) is 12.0. The third-order valence-corrected chi connectivity index (χ3v) is 3.92. The van der Waals surface area contributed by atoms with E-state index in [1.54, 1.807) is 25.1 Å². The summed E-state index contributed by atoms with van der Waals surface area (Å²) in [4.78, 5) is 17.0. The number of hydrogen-bond donors (Lipinski definition) is 2. The Balaban J connectivity index is 2.04. The predicted octanol–water partition coefficient (Wildman–Crippen LogP) is 2.70. The fourth-order valence-electron chi connectivity index (χ4n) is 2.47. The van der Waals surface area contributed by atoms with Crippen molar-refractivity contribution in [3.63, 3.8) is 0 Å². The van der Waals surface area contributed by atoms with E-state index in [0.29, 0.717) is 34.4 Å². The molecule has 2 heterocycles. The Morgan fingerprint density at radius 1 is 1.36 bits per heavy atom. The van der Waals surface area contributed by atoms with E-state index in [1.165, 1.54) is 12.1 Å². The summed E-state index contributed by atoms with van der Waals surface area (Å²) in [6.07, 6.45) is 0. The number of hydrogen-bond acceptors (Lipinski definition) is 5. The van der Waals surface area contributed by atoms with Gasteiger partial charge >= 0.3 is 0 Å². The molecule has 0 saturated heterocycles. The van der Waals surface area contributed by atoms with Gasteiger partial charge in [-0.3, -0.25) is 4.79 Å². The Hall–Kier alpha value is -2.80. The molecule has 0 aliphatic rings. The summed E-state index contributed by atoms with van der Waals surface area (Å²) < 4.78 is 18.4. The van der Waals surface area contributed by atoms with Gasteiger partial charge in [0.15, 0.2) is 0 Å². The number of rotatable bonds is 5. The number of halogens is 1. The maximum atomic E-state index is 13.1. The lowest BCUT2D eigenvalue weighted by atomic mass is 10.0. The van der Waals surface area contributed by atoms with Crippen molar-refractivity contribution in [1.29, 1.82) is 0 Å². The summed E-state index contributed by atoms with van der Waals surface area (Å²) >= 11 is 0. The fraction of sp³-hybridized carbons (Fsp3) is 0.278. The smallest absolute Gasteiger partial charge is 0.259 e. The Kier molecular flexibility index (Phi) is 4.76. The van der Waals surface area contributed by atoms with Gasteiger partial charge in [0.1, 0.15) is 5.82 Å². The maximum Gasteiger partial charge on any atom is 0.259 e. The number of fused-ring (bicyclic) bond motifs is 1. The number of nitrogens with zero attached hydrogens (tertiary/aromatic N) is 2. The molecule has 3 rings (SSSR count). The van der Waals surface area contributed by atoms with Crippen LogP contribution in [0, 0.1) is 18.7 Å². The van der Waals surface area contributed by atoms with Gasteiger partial charge in [0.2, 0.25) is 0 Å². The highest BCUT2D eigenvalue weighted by molar-refractivity contribution is 6.06. The summed E-state index contributed by atoms with van der Waals surface area (Å²) in [5, 5.41) is 16.3. The second-order valence-electron chi connectivity index (χ2n) is 6.01. The van der Waals surface area contributed by atoms with Gasteiger partial charge in [0, 0.05) is 18.7 Å². The van der Waals surface area contributed by atoms with E-state index >= 15 is 0 Å². The SMILES string of the molecule is Cc1noc2nc(-c3ccc(F)cc3)cc(C(=O)NCC(C)CO)c12. The van der Waals surface area contributed by atoms with Crippen molar-refractivity contribution in [3.05, 3.63) is 47.4 Å². The van der Waals surface area contributed by atoms with Gasteiger partial charge in [-0.25, -0.2) is 9.37 Å². The number of nitrogens with one attached hydrogen (secondary N) is 1. The standard InChI is InChI=1S/C18H18FN3O3/c1-10(9-23)8-20-17(24)14-7-15(12-3-5-13(19)6-4-12)21-18-16(14)11(2)22-25-18/h3-7,10,23H,8-9H2,1-2H3,(H,20,24). The van der Waals surface area contributed by atoms with Gasteiger partial charge in [-0.2, -0.15) is 0 Å². The molecule has 1 atom stereocenters. The van der Waals surface area contributed by atoms with Crippen LogP contribution < -0.4 is 5.32 Å². The van der Waals surface area contributed by atoms with Crippen molar-refractivity contribution >= 4 is 17.0 Å². The minimum atomic E-state index is -0.351. The molecule has 3 aromatic rings. The van der Waals surface area contributed by atoms with Crippen LogP contribution in [-0.4, -0.2) is 34.3 Å². The highest BCUT2D eigenvalue weighted by Crippen LogP contribution is 2.27. The molecule has 2 aromatic heterocycles.